The van der Waals surface area contributed by atoms with Gasteiger partial charge in [-0.2, -0.15) is 0 Å². The van der Waals surface area contributed by atoms with Crippen molar-refractivity contribution in [3.8, 4) is 0 Å². The van der Waals surface area contributed by atoms with Gasteiger partial charge in [0.05, 0.1) is 16.0 Å². The number of oxime groups is 1. The lowest BCUT2D eigenvalue weighted by Gasteiger charge is -2.08. The molecular formula is C15H12BrFN2O2S. The van der Waals surface area contributed by atoms with E-state index in [0.29, 0.717) is 24.2 Å². The molecule has 1 aromatic heterocycles. The van der Waals surface area contributed by atoms with Gasteiger partial charge in [0.15, 0.2) is 0 Å². The zero-order valence-electron chi connectivity index (χ0n) is 11.4. The van der Waals surface area contributed by atoms with Gasteiger partial charge in [0, 0.05) is 16.9 Å². The fourth-order valence-corrected chi connectivity index (χ4v) is 3.51. The number of nitrogens with one attached hydrogen (secondary N) is 1. The summed E-state index contributed by atoms with van der Waals surface area (Å²) in [6.45, 7) is 0.449. The van der Waals surface area contributed by atoms with Gasteiger partial charge in [0.1, 0.15) is 5.82 Å². The molecule has 0 bridgehead atoms. The molecule has 114 valence electrons. The Morgan fingerprint density at radius 1 is 1.45 bits per heavy atom. The molecule has 7 heteroatoms. The molecule has 1 aliphatic rings. The van der Waals surface area contributed by atoms with Crippen molar-refractivity contribution in [3.05, 3.63) is 56.4 Å². The van der Waals surface area contributed by atoms with Crippen LogP contribution in [0, 0.1) is 5.82 Å². The average Bonchev–Trinajstić information content (AvgIpc) is 3.14. The Bertz CT molecular complexity index is 732. The van der Waals surface area contributed by atoms with E-state index in [2.05, 4.69) is 26.4 Å². The van der Waals surface area contributed by atoms with Crippen molar-refractivity contribution in [2.24, 2.45) is 5.16 Å². The van der Waals surface area contributed by atoms with Crippen LogP contribution in [0.3, 0.4) is 0 Å². The first-order chi connectivity index (χ1) is 10.6. The fraction of sp³-hybridized carbons (Fsp3) is 0.200. The van der Waals surface area contributed by atoms with E-state index in [1.807, 2.05) is 12.1 Å². The predicted octanol–water partition coefficient (Wildman–Crippen LogP) is 3.46. The number of thiophene rings is 1. The van der Waals surface area contributed by atoms with E-state index >= 15 is 0 Å². The highest BCUT2D eigenvalue weighted by Crippen LogP contribution is 2.22. The summed E-state index contributed by atoms with van der Waals surface area (Å²) in [6.07, 6.45) is -0.328. The first-order valence-corrected chi connectivity index (χ1v) is 8.23. The molecule has 1 N–H and O–H groups in total. The molecule has 0 aliphatic carbocycles. The van der Waals surface area contributed by atoms with Crippen LogP contribution >= 0.6 is 27.3 Å². The SMILES string of the molecule is O=C(NCc1ccc(Br)s1)C1CC(c2cccc(F)c2)=NO1. The van der Waals surface area contributed by atoms with Crippen molar-refractivity contribution in [3.63, 3.8) is 0 Å². The normalized spacial score (nSPS) is 17.0. The molecule has 4 nitrogen and oxygen atoms in total. The molecule has 2 aromatic rings. The highest BCUT2D eigenvalue weighted by atomic mass is 79.9. The van der Waals surface area contributed by atoms with E-state index in [-0.39, 0.29) is 11.7 Å². The summed E-state index contributed by atoms with van der Waals surface area (Å²) in [4.78, 5) is 18.3. The number of hydrogen-bond acceptors (Lipinski definition) is 4. The number of carbonyl (C=O) groups is 1. The maximum atomic E-state index is 13.2. The van der Waals surface area contributed by atoms with Crippen molar-refractivity contribution in [1.29, 1.82) is 0 Å². The van der Waals surface area contributed by atoms with Crippen LogP contribution in [0.15, 0.2) is 45.3 Å². The molecule has 0 fully saturated rings. The summed E-state index contributed by atoms with van der Waals surface area (Å²) in [5, 5.41) is 6.71. The number of hydrogen-bond donors (Lipinski definition) is 1. The Balaban J connectivity index is 1.56. The number of rotatable bonds is 4. The number of amides is 1. The number of nitrogens with zero attached hydrogens (tertiary/aromatic N) is 1. The van der Waals surface area contributed by atoms with E-state index in [1.165, 1.54) is 12.1 Å². The summed E-state index contributed by atoms with van der Waals surface area (Å²) in [5.74, 6) is -0.559. The average molecular weight is 383 g/mol. The summed E-state index contributed by atoms with van der Waals surface area (Å²) in [7, 11) is 0. The Morgan fingerprint density at radius 2 is 2.32 bits per heavy atom. The molecule has 0 saturated carbocycles. The first kappa shape index (κ1) is 15.2. The Kier molecular flexibility index (Phi) is 4.54. The van der Waals surface area contributed by atoms with Crippen LogP contribution in [0.5, 0.6) is 0 Å². The molecular weight excluding hydrogens is 371 g/mol. The molecule has 3 rings (SSSR count). The van der Waals surface area contributed by atoms with Gasteiger partial charge in [-0.15, -0.1) is 11.3 Å². The lowest BCUT2D eigenvalue weighted by Crippen LogP contribution is -2.34. The van der Waals surface area contributed by atoms with Crippen LogP contribution in [0.1, 0.15) is 16.9 Å². The van der Waals surface area contributed by atoms with Crippen molar-refractivity contribution in [2.45, 2.75) is 19.1 Å². The number of halogens is 2. The Morgan fingerprint density at radius 3 is 3.05 bits per heavy atom. The van der Waals surface area contributed by atoms with Gasteiger partial charge in [-0.3, -0.25) is 4.79 Å². The third-order valence-corrected chi connectivity index (χ3v) is 4.81. The second-order valence-electron chi connectivity index (χ2n) is 4.77. The second-order valence-corrected chi connectivity index (χ2v) is 7.32. The smallest absolute Gasteiger partial charge is 0.264 e. The molecule has 1 aliphatic heterocycles. The Hall–Kier alpha value is -1.73. The molecule has 1 atom stereocenters. The molecule has 1 unspecified atom stereocenters. The molecule has 0 spiro atoms. The van der Waals surface area contributed by atoms with E-state index in [0.717, 1.165) is 8.66 Å². The van der Waals surface area contributed by atoms with E-state index < -0.39 is 6.10 Å². The van der Waals surface area contributed by atoms with Crippen LogP contribution in [-0.4, -0.2) is 17.7 Å². The van der Waals surface area contributed by atoms with E-state index in [4.69, 9.17) is 4.84 Å². The third-order valence-electron chi connectivity index (χ3n) is 3.18. The van der Waals surface area contributed by atoms with Gasteiger partial charge in [-0.05, 0) is 40.2 Å². The first-order valence-electron chi connectivity index (χ1n) is 6.62. The third kappa shape index (κ3) is 3.53. The van der Waals surface area contributed by atoms with Crippen LogP contribution in [0.2, 0.25) is 0 Å². The second kappa shape index (κ2) is 6.58. The highest BCUT2D eigenvalue weighted by molar-refractivity contribution is 9.11. The molecule has 22 heavy (non-hydrogen) atoms. The van der Waals surface area contributed by atoms with Gasteiger partial charge in [0.25, 0.3) is 5.91 Å². The minimum Gasteiger partial charge on any atom is -0.382 e. The topological polar surface area (TPSA) is 50.7 Å². The van der Waals surface area contributed by atoms with E-state index in [9.17, 15) is 9.18 Å². The molecule has 1 amide bonds. The van der Waals surface area contributed by atoms with E-state index in [1.54, 1.807) is 23.5 Å². The van der Waals surface area contributed by atoms with Gasteiger partial charge in [-0.1, -0.05) is 17.3 Å². The maximum Gasteiger partial charge on any atom is 0.264 e. The lowest BCUT2D eigenvalue weighted by atomic mass is 10.0. The quantitative estimate of drug-likeness (QED) is 0.879. The monoisotopic (exact) mass is 382 g/mol. The predicted molar refractivity (Wildman–Crippen MR) is 86.3 cm³/mol. The summed E-state index contributed by atoms with van der Waals surface area (Å²) in [6, 6.07) is 9.97. The standard InChI is InChI=1S/C15H12BrFN2O2S/c16-14-5-4-11(22-14)8-18-15(20)13-7-12(19-21-13)9-2-1-3-10(17)6-9/h1-6,13H,7-8H2,(H,18,20). The number of carbonyl (C=O) groups excluding carboxylic acids is 1. The van der Waals surface area contributed by atoms with Gasteiger partial charge >= 0.3 is 0 Å². The van der Waals surface area contributed by atoms with Crippen LogP contribution in [-0.2, 0) is 16.2 Å². The minimum atomic E-state index is -0.665. The molecule has 1 aromatic carbocycles. The fourth-order valence-electron chi connectivity index (χ4n) is 2.09. The summed E-state index contributed by atoms with van der Waals surface area (Å²) < 4.78 is 14.2. The van der Waals surface area contributed by atoms with Crippen LogP contribution in [0.25, 0.3) is 0 Å². The zero-order chi connectivity index (χ0) is 15.5. The Labute approximate surface area is 139 Å². The van der Waals surface area contributed by atoms with Crippen molar-refractivity contribution < 1.29 is 14.0 Å². The molecule has 0 saturated heterocycles. The number of benzene rings is 1. The van der Waals surface area contributed by atoms with Crippen molar-refractivity contribution in [2.75, 3.05) is 0 Å². The molecule has 2 heterocycles. The highest BCUT2D eigenvalue weighted by Gasteiger charge is 2.28. The van der Waals surface area contributed by atoms with Crippen LogP contribution < -0.4 is 5.32 Å². The molecule has 0 radical (unpaired) electrons. The maximum absolute atomic E-state index is 13.2. The lowest BCUT2D eigenvalue weighted by molar-refractivity contribution is -0.131. The van der Waals surface area contributed by atoms with Gasteiger partial charge in [0.2, 0.25) is 6.10 Å². The minimum absolute atomic E-state index is 0.223. The largest absolute Gasteiger partial charge is 0.382 e. The van der Waals surface area contributed by atoms with Gasteiger partial charge in [-0.25, -0.2) is 4.39 Å². The summed E-state index contributed by atoms with van der Waals surface area (Å²) in [5.41, 5.74) is 1.22. The zero-order valence-corrected chi connectivity index (χ0v) is 13.8. The summed E-state index contributed by atoms with van der Waals surface area (Å²) >= 11 is 4.94. The van der Waals surface area contributed by atoms with Crippen molar-refractivity contribution >= 4 is 38.9 Å². The van der Waals surface area contributed by atoms with Gasteiger partial charge < -0.3 is 10.2 Å². The van der Waals surface area contributed by atoms with Crippen molar-refractivity contribution in [1.82, 2.24) is 5.32 Å². The van der Waals surface area contributed by atoms with Crippen LogP contribution in [0.4, 0.5) is 4.39 Å².